The molecule has 0 unspecified atom stereocenters. The zero-order valence-electron chi connectivity index (χ0n) is 10.2. The maximum Gasteiger partial charge on any atom is 0.263 e. The summed E-state index contributed by atoms with van der Waals surface area (Å²) >= 11 is 0. The Labute approximate surface area is 105 Å². The van der Waals surface area contributed by atoms with Crippen molar-refractivity contribution in [3.05, 3.63) is 65.2 Å². The van der Waals surface area contributed by atoms with Gasteiger partial charge in [-0.25, -0.2) is 8.78 Å². The van der Waals surface area contributed by atoms with Crippen molar-refractivity contribution < 1.29 is 8.78 Å². The summed E-state index contributed by atoms with van der Waals surface area (Å²) in [6.07, 6.45) is -2.40. The van der Waals surface area contributed by atoms with Gasteiger partial charge in [-0.1, -0.05) is 42.0 Å². The molecule has 0 spiro atoms. The summed E-state index contributed by atoms with van der Waals surface area (Å²) in [7, 11) is 0. The normalized spacial score (nSPS) is 10.7. The van der Waals surface area contributed by atoms with Crippen LogP contribution in [0.1, 0.15) is 23.1 Å². The number of hydrogen-bond donors (Lipinski definition) is 1. The van der Waals surface area contributed by atoms with Gasteiger partial charge >= 0.3 is 0 Å². The van der Waals surface area contributed by atoms with Crippen LogP contribution in [-0.2, 0) is 6.54 Å². The standard InChI is InChI=1S/C15H15F2N/c1-11-2-8-14(9-3-11)18-10-12-4-6-13(7-5-12)15(16)17/h2-9,15,18H,10H2,1H3. The number of hydrogen-bond acceptors (Lipinski definition) is 1. The number of halogens is 2. The fraction of sp³-hybridized carbons (Fsp3) is 0.200. The van der Waals surface area contributed by atoms with Crippen LogP contribution in [0.4, 0.5) is 14.5 Å². The number of alkyl halides is 2. The molecule has 2 aromatic carbocycles. The lowest BCUT2D eigenvalue weighted by Crippen LogP contribution is -1.99. The van der Waals surface area contributed by atoms with Gasteiger partial charge in [-0.15, -0.1) is 0 Å². The van der Waals surface area contributed by atoms with Gasteiger partial charge in [0.1, 0.15) is 0 Å². The molecule has 3 heteroatoms. The molecule has 0 aliphatic rings. The van der Waals surface area contributed by atoms with Crippen molar-refractivity contribution in [1.82, 2.24) is 0 Å². The first-order valence-electron chi connectivity index (χ1n) is 5.82. The highest BCUT2D eigenvalue weighted by Gasteiger charge is 2.05. The molecule has 2 aromatic rings. The van der Waals surface area contributed by atoms with E-state index in [1.165, 1.54) is 17.7 Å². The lowest BCUT2D eigenvalue weighted by Gasteiger charge is -2.07. The molecule has 0 bridgehead atoms. The van der Waals surface area contributed by atoms with Crippen LogP contribution in [-0.4, -0.2) is 0 Å². The van der Waals surface area contributed by atoms with Gasteiger partial charge in [0, 0.05) is 17.8 Å². The SMILES string of the molecule is Cc1ccc(NCc2ccc(C(F)F)cc2)cc1. The molecular formula is C15H15F2N. The van der Waals surface area contributed by atoms with Crippen LogP contribution < -0.4 is 5.32 Å². The highest BCUT2D eigenvalue weighted by molar-refractivity contribution is 5.45. The maximum atomic E-state index is 12.4. The molecule has 0 aliphatic carbocycles. The maximum absolute atomic E-state index is 12.4. The van der Waals surface area contributed by atoms with Crippen LogP contribution >= 0.6 is 0 Å². The molecule has 0 fully saturated rings. The monoisotopic (exact) mass is 247 g/mol. The molecule has 0 amide bonds. The number of nitrogens with one attached hydrogen (secondary N) is 1. The first kappa shape index (κ1) is 12.6. The Morgan fingerprint density at radius 2 is 1.56 bits per heavy atom. The van der Waals surface area contributed by atoms with Crippen LogP contribution in [0, 0.1) is 6.92 Å². The second-order valence-corrected chi connectivity index (χ2v) is 4.26. The third-order valence-corrected chi connectivity index (χ3v) is 2.78. The van der Waals surface area contributed by atoms with E-state index in [9.17, 15) is 8.78 Å². The molecule has 0 aliphatic heterocycles. The van der Waals surface area contributed by atoms with Gasteiger partial charge in [-0.3, -0.25) is 0 Å². The highest BCUT2D eigenvalue weighted by Crippen LogP contribution is 2.19. The predicted octanol–water partition coefficient (Wildman–Crippen LogP) is 4.54. The van der Waals surface area contributed by atoms with E-state index in [2.05, 4.69) is 5.32 Å². The Bertz CT molecular complexity index is 489. The summed E-state index contributed by atoms with van der Waals surface area (Å²) in [5, 5.41) is 3.25. The van der Waals surface area contributed by atoms with Crippen LogP contribution in [0.25, 0.3) is 0 Å². The van der Waals surface area contributed by atoms with E-state index < -0.39 is 6.43 Å². The molecule has 94 valence electrons. The van der Waals surface area contributed by atoms with E-state index >= 15 is 0 Å². The van der Waals surface area contributed by atoms with Gasteiger partial charge in [0.2, 0.25) is 0 Å². The Morgan fingerprint density at radius 1 is 0.944 bits per heavy atom. The molecular weight excluding hydrogens is 232 g/mol. The van der Waals surface area contributed by atoms with E-state index in [1.807, 2.05) is 31.2 Å². The first-order valence-corrected chi connectivity index (χ1v) is 5.82. The minimum atomic E-state index is -2.40. The van der Waals surface area contributed by atoms with Gasteiger partial charge in [-0.2, -0.15) is 0 Å². The van der Waals surface area contributed by atoms with E-state index in [0.717, 1.165) is 11.3 Å². The molecule has 0 atom stereocenters. The van der Waals surface area contributed by atoms with Crippen molar-refractivity contribution in [2.45, 2.75) is 19.9 Å². The lowest BCUT2D eigenvalue weighted by molar-refractivity contribution is 0.151. The van der Waals surface area contributed by atoms with E-state index in [1.54, 1.807) is 12.1 Å². The van der Waals surface area contributed by atoms with Crippen molar-refractivity contribution >= 4 is 5.69 Å². The van der Waals surface area contributed by atoms with Crippen LogP contribution in [0.5, 0.6) is 0 Å². The summed E-state index contributed by atoms with van der Waals surface area (Å²) in [6.45, 7) is 2.67. The number of rotatable bonds is 4. The van der Waals surface area contributed by atoms with Gasteiger partial charge in [-0.05, 0) is 24.6 Å². The molecule has 0 heterocycles. The summed E-state index contributed by atoms with van der Waals surface area (Å²) in [6, 6.07) is 14.5. The van der Waals surface area contributed by atoms with Gasteiger partial charge in [0.05, 0.1) is 0 Å². The van der Waals surface area contributed by atoms with E-state index in [-0.39, 0.29) is 5.56 Å². The Hall–Kier alpha value is -1.90. The number of benzene rings is 2. The third-order valence-electron chi connectivity index (χ3n) is 2.78. The topological polar surface area (TPSA) is 12.0 Å². The van der Waals surface area contributed by atoms with Crippen LogP contribution in [0.2, 0.25) is 0 Å². The average Bonchev–Trinajstić information content (AvgIpc) is 2.38. The van der Waals surface area contributed by atoms with Gasteiger partial charge < -0.3 is 5.32 Å². The quantitative estimate of drug-likeness (QED) is 0.836. The van der Waals surface area contributed by atoms with Crippen molar-refractivity contribution in [3.63, 3.8) is 0 Å². The largest absolute Gasteiger partial charge is 0.381 e. The first-order chi connectivity index (χ1) is 8.65. The van der Waals surface area contributed by atoms with Crippen molar-refractivity contribution in [3.8, 4) is 0 Å². The summed E-state index contributed by atoms with van der Waals surface area (Å²) in [5.41, 5.74) is 3.29. The van der Waals surface area contributed by atoms with Crippen molar-refractivity contribution in [2.24, 2.45) is 0 Å². The second kappa shape index (κ2) is 5.63. The minimum absolute atomic E-state index is 0.0640. The molecule has 0 saturated carbocycles. The Kier molecular flexibility index (Phi) is 3.92. The van der Waals surface area contributed by atoms with E-state index in [0.29, 0.717) is 6.54 Å². The molecule has 0 radical (unpaired) electrons. The summed E-state index contributed by atoms with van der Waals surface area (Å²) in [5.74, 6) is 0. The van der Waals surface area contributed by atoms with Gasteiger partial charge in [0.15, 0.2) is 0 Å². The molecule has 0 saturated heterocycles. The molecule has 1 N–H and O–H groups in total. The summed E-state index contributed by atoms with van der Waals surface area (Å²) < 4.78 is 24.7. The second-order valence-electron chi connectivity index (χ2n) is 4.26. The predicted molar refractivity (Wildman–Crippen MR) is 69.9 cm³/mol. The number of anilines is 1. The molecule has 18 heavy (non-hydrogen) atoms. The lowest BCUT2D eigenvalue weighted by atomic mass is 10.1. The van der Waals surface area contributed by atoms with E-state index in [4.69, 9.17) is 0 Å². The zero-order valence-corrected chi connectivity index (χ0v) is 10.2. The highest BCUT2D eigenvalue weighted by atomic mass is 19.3. The van der Waals surface area contributed by atoms with Gasteiger partial charge in [0.25, 0.3) is 6.43 Å². The fourth-order valence-corrected chi connectivity index (χ4v) is 1.66. The Morgan fingerprint density at radius 3 is 2.11 bits per heavy atom. The minimum Gasteiger partial charge on any atom is -0.381 e. The van der Waals surface area contributed by atoms with Crippen LogP contribution in [0.15, 0.2) is 48.5 Å². The smallest absolute Gasteiger partial charge is 0.263 e. The molecule has 1 nitrogen and oxygen atoms in total. The van der Waals surface area contributed by atoms with Crippen molar-refractivity contribution in [1.29, 1.82) is 0 Å². The average molecular weight is 247 g/mol. The van der Waals surface area contributed by atoms with Crippen LogP contribution in [0.3, 0.4) is 0 Å². The number of aryl methyl sites for hydroxylation is 1. The summed E-state index contributed by atoms with van der Waals surface area (Å²) in [4.78, 5) is 0. The molecule has 2 rings (SSSR count). The third kappa shape index (κ3) is 3.29. The van der Waals surface area contributed by atoms with Crippen molar-refractivity contribution in [2.75, 3.05) is 5.32 Å². The Balaban J connectivity index is 1.95. The fourth-order valence-electron chi connectivity index (χ4n) is 1.66. The molecule has 0 aromatic heterocycles. The zero-order chi connectivity index (χ0) is 13.0.